The van der Waals surface area contributed by atoms with Gasteiger partial charge >= 0.3 is 0 Å². The molecule has 0 bridgehead atoms. The van der Waals surface area contributed by atoms with E-state index < -0.39 is 0 Å². The van der Waals surface area contributed by atoms with E-state index in [1.807, 2.05) is 43.7 Å². The van der Waals surface area contributed by atoms with E-state index in [1.54, 1.807) is 22.9 Å². The van der Waals surface area contributed by atoms with E-state index in [2.05, 4.69) is 15.4 Å². The number of aryl methyl sites for hydroxylation is 1. The Balaban J connectivity index is 1.83. The quantitative estimate of drug-likeness (QED) is 0.803. The average Bonchev–Trinajstić information content (AvgIpc) is 3.04. The second kappa shape index (κ2) is 5.29. The molecule has 0 radical (unpaired) electrons. The van der Waals surface area contributed by atoms with Gasteiger partial charge in [-0.3, -0.25) is 9.48 Å². The van der Waals surface area contributed by atoms with Crippen LogP contribution in [0.25, 0.3) is 10.2 Å². The van der Waals surface area contributed by atoms with Crippen LogP contribution in [0.2, 0.25) is 0 Å². The van der Waals surface area contributed by atoms with Crippen molar-refractivity contribution in [2.45, 2.75) is 26.8 Å². The number of anilines is 1. The molecule has 1 amide bonds. The molecule has 1 N–H and O–H groups in total. The molecule has 6 heteroatoms. The van der Waals surface area contributed by atoms with Crippen molar-refractivity contribution < 1.29 is 4.79 Å². The molecule has 5 nitrogen and oxygen atoms in total. The van der Waals surface area contributed by atoms with Gasteiger partial charge in [0.15, 0.2) is 5.69 Å². The Hall–Kier alpha value is -2.21. The van der Waals surface area contributed by atoms with Gasteiger partial charge in [0.05, 0.1) is 15.7 Å². The van der Waals surface area contributed by atoms with Gasteiger partial charge in [0.2, 0.25) is 0 Å². The lowest BCUT2D eigenvalue weighted by atomic mass is 10.3. The smallest absolute Gasteiger partial charge is 0.276 e. The Kier molecular flexibility index (Phi) is 3.47. The summed E-state index contributed by atoms with van der Waals surface area (Å²) in [7, 11) is 0. The summed E-state index contributed by atoms with van der Waals surface area (Å²) in [5.41, 5.74) is 4.82. The minimum absolute atomic E-state index is 0.202. The number of carbonyl (C=O) groups excluding carboxylic acids is 1. The van der Waals surface area contributed by atoms with Gasteiger partial charge in [-0.05, 0) is 45.0 Å². The summed E-state index contributed by atoms with van der Waals surface area (Å²) in [6.45, 7) is 6.03. The first-order chi connectivity index (χ1) is 10.0. The number of nitrogens with one attached hydrogen (secondary N) is 1. The molecular formula is C15H16N4OS. The summed E-state index contributed by atoms with van der Waals surface area (Å²) in [6, 6.07) is 7.75. The molecule has 2 aromatic heterocycles. The highest BCUT2D eigenvalue weighted by Crippen LogP contribution is 2.22. The van der Waals surface area contributed by atoms with E-state index in [1.165, 1.54) is 0 Å². The van der Waals surface area contributed by atoms with E-state index in [0.29, 0.717) is 5.69 Å². The molecular weight excluding hydrogens is 284 g/mol. The fraction of sp³-hybridized carbons (Fsp3) is 0.267. The number of benzene rings is 1. The zero-order valence-electron chi connectivity index (χ0n) is 12.1. The predicted octanol–water partition coefficient (Wildman–Crippen LogP) is 3.63. The minimum Gasteiger partial charge on any atom is -0.321 e. The van der Waals surface area contributed by atoms with Gasteiger partial charge in [-0.2, -0.15) is 5.10 Å². The van der Waals surface area contributed by atoms with Crippen LogP contribution in [-0.2, 0) is 0 Å². The van der Waals surface area contributed by atoms with Gasteiger partial charge < -0.3 is 5.32 Å². The predicted molar refractivity (Wildman–Crippen MR) is 84.9 cm³/mol. The normalized spacial score (nSPS) is 11.2. The van der Waals surface area contributed by atoms with Crippen LogP contribution in [0.3, 0.4) is 0 Å². The highest BCUT2D eigenvalue weighted by molar-refractivity contribution is 7.16. The summed E-state index contributed by atoms with van der Waals surface area (Å²) in [5.74, 6) is -0.202. The van der Waals surface area contributed by atoms with Crippen molar-refractivity contribution in [3.63, 3.8) is 0 Å². The average molecular weight is 300 g/mol. The first-order valence-corrected chi connectivity index (χ1v) is 7.63. The number of rotatable bonds is 3. The van der Waals surface area contributed by atoms with Crippen molar-refractivity contribution in [3.05, 3.63) is 41.2 Å². The van der Waals surface area contributed by atoms with Crippen LogP contribution in [0.5, 0.6) is 0 Å². The summed E-state index contributed by atoms with van der Waals surface area (Å²) in [6.07, 6.45) is 0. The van der Waals surface area contributed by atoms with E-state index in [9.17, 15) is 4.79 Å². The monoisotopic (exact) mass is 300 g/mol. The second-order valence-corrected chi connectivity index (χ2v) is 6.08. The number of thiazole rings is 1. The molecule has 21 heavy (non-hydrogen) atoms. The van der Waals surface area contributed by atoms with Crippen molar-refractivity contribution in [1.29, 1.82) is 0 Å². The van der Waals surface area contributed by atoms with E-state index in [4.69, 9.17) is 0 Å². The molecule has 108 valence electrons. The number of aromatic nitrogens is 3. The van der Waals surface area contributed by atoms with Gasteiger partial charge in [-0.25, -0.2) is 4.98 Å². The molecule has 0 atom stereocenters. The van der Waals surface area contributed by atoms with Crippen LogP contribution in [0.4, 0.5) is 5.69 Å². The minimum atomic E-state index is -0.202. The van der Waals surface area contributed by atoms with Gasteiger partial charge in [-0.1, -0.05) is 0 Å². The fourth-order valence-corrected chi connectivity index (χ4v) is 2.91. The second-order valence-electron chi connectivity index (χ2n) is 5.20. The Bertz CT molecular complexity index is 803. The van der Waals surface area contributed by atoms with Gasteiger partial charge in [0.25, 0.3) is 5.91 Å². The number of hydrogen-bond acceptors (Lipinski definition) is 4. The molecule has 2 heterocycles. The lowest BCUT2D eigenvalue weighted by Gasteiger charge is -2.07. The zero-order chi connectivity index (χ0) is 15.0. The van der Waals surface area contributed by atoms with Crippen molar-refractivity contribution in [3.8, 4) is 0 Å². The maximum atomic E-state index is 12.3. The highest BCUT2D eigenvalue weighted by Gasteiger charge is 2.14. The van der Waals surface area contributed by atoms with Crippen LogP contribution in [-0.4, -0.2) is 20.7 Å². The Morgan fingerprint density at radius 3 is 2.86 bits per heavy atom. The number of carbonyl (C=O) groups is 1. The van der Waals surface area contributed by atoms with E-state index in [-0.39, 0.29) is 11.9 Å². The van der Waals surface area contributed by atoms with Crippen LogP contribution < -0.4 is 5.32 Å². The van der Waals surface area contributed by atoms with Gasteiger partial charge in [0, 0.05) is 17.4 Å². The van der Waals surface area contributed by atoms with Crippen molar-refractivity contribution in [2.24, 2.45) is 0 Å². The topological polar surface area (TPSA) is 59.8 Å². The molecule has 1 aromatic carbocycles. The third kappa shape index (κ3) is 2.67. The SMILES string of the molecule is Cc1cc(C(=O)Nc2ccc3scnc3c2)nn1C(C)C. The van der Waals surface area contributed by atoms with Crippen LogP contribution >= 0.6 is 11.3 Å². The van der Waals surface area contributed by atoms with Crippen molar-refractivity contribution in [1.82, 2.24) is 14.8 Å². The van der Waals surface area contributed by atoms with Gasteiger partial charge in [0.1, 0.15) is 0 Å². The maximum Gasteiger partial charge on any atom is 0.276 e. The Morgan fingerprint density at radius 2 is 2.14 bits per heavy atom. The molecule has 0 aliphatic carbocycles. The molecule has 0 aliphatic heterocycles. The van der Waals surface area contributed by atoms with E-state index >= 15 is 0 Å². The number of amides is 1. The molecule has 0 saturated carbocycles. The molecule has 0 aliphatic rings. The summed E-state index contributed by atoms with van der Waals surface area (Å²) >= 11 is 1.58. The maximum absolute atomic E-state index is 12.3. The molecule has 3 aromatic rings. The van der Waals surface area contributed by atoms with Crippen molar-refractivity contribution in [2.75, 3.05) is 5.32 Å². The highest BCUT2D eigenvalue weighted by atomic mass is 32.1. The van der Waals surface area contributed by atoms with Gasteiger partial charge in [-0.15, -0.1) is 11.3 Å². The molecule has 0 spiro atoms. The summed E-state index contributed by atoms with van der Waals surface area (Å²) < 4.78 is 2.95. The largest absolute Gasteiger partial charge is 0.321 e. The molecule has 0 saturated heterocycles. The fourth-order valence-electron chi connectivity index (χ4n) is 2.25. The zero-order valence-corrected chi connectivity index (χ0v) is 12.9. The number of hydrogen-bond donors (Lipinski definition) is 1. The van der Waals surface area contributed by atoms with E-state index in [0.717, 1.165) is 21.6 Å². The van der Waals surface area contributed by atoms with Crippen LogP contribution in [0, 0.1) is 6.92 Å². The first kappa shape index (κ1) is 13.8. The standard InChI is InChI=1S/C15H16N4OS/c1-9(2)19-10(3)6-13(18-19)15(20)17-11-4-5-14-12(7-11)16-8-21-14/h4-9H,1-3H3,(H,17,20). The molecule has 0 unspecified atom stereocenters. The van der Waals surface area contributed by atoms with Crippen molar-refractivity contribution >= 4 is 33.1 Å². The van der Waals surface area contributed by atoms with Crippen LogP contribution in [0.15, 0.2) is 29.8 Å². The third-order valence-corrected chi connectivity index (χ3v) is 4.04. The van der Waals surface area contributed by atoms with Crippen LogP contribution in [0.1, 0.15) is 36.1 Å². The Labute approximate surface area is 126 Å². The molecule has 3 rings (SSSR count). The molecule has 0 fully saturated rings. The summed E-state index contributed by atoms with van der Waals surface area (Å²) in [4.78, 5) is 16.5. The lowest BCUT2D eigenvalue weighted by Crippen LogP contribution is -2.14. The number of nitrogens with zero attached hydrogens (tertiary/aromatic N) is 3. The lowest BCUT2D eigenvalue weighted by molar-refractivity contribution is 0.102. The Morgan fingerprint density at radius 1 is 1.33 bits per heavy atom. The number of fused-ring (bicyclic) bond motifs is 1. The first-order valence-electron chi connectivity index (χ1n) is 6.75. The summed E-state index contributed by atoms with van der Waals surface area (Å²) in [5, 5.41) is 7.22. The third-order valence-electron chi connectivity index (χ3n) is 3.23.